The molecule has 0 spiro atoms. The number of amides is 1. The van der Waals surface area contributed by atoms with Crippen molar-refractivity contribution in [3.63, 3.8) is 0 Å². The number of carbonyl (C=O) groups excluding carboxylic acids is 2. The summed E-state index contributed by atoms with van der Waals surface area (Å²) in [5, 5.41) is 9.03. The first kappa shape index (κ1) is 22.9. The zero-order valence-electron chi connectivity index (χ0n) is 19.5. The molecule has 3 heterocycles. The maximum absolute atomic E-state index is 13.7. The van der Waals surface area contributed by atoms with E-state index in [2.05, 4.69) is 16.7 Å². The topological polar surface area (TPSA) is 76.7 Å². The lowest BCUT2D eigenvalue weighted by Crippen LogP contribution is -2.37. The Bertz CT molecular complexity index is 1430. The first-order valence-corrected chi connectivity index (χ1v) is 13.0. The molecule has 2 aromatic carbocycles. The van der Waals surface area contributed by atoms with Gasteiger partial charge in [0.25, 0.3) is 5.91 Å². The van der Waals surface area contributed by atoms with Gasteiger partial charge in [0.15, 0.2) is 17.3 Å². The summed E-state index contributed by atoms with van der Waals surface area (Å²) in [5.74, 6) is 0.641. The molecule has 8 heteroatoms. The van der Waals surface area contributed by atoms with Crippen LogP contribution in [0.3, 0.4) is 0 Å². The molecule has 1 amide bonds. The van der Waals surface area contributed by atoms with E-state index >= 15 is 0 Å². The number of fused-ring (bicyclic) bond motifs is 1. The minimum absolute atomic E-state index is 0.0501. The van der Waals surface area contributed by atoms with Gasteiger partial charge in [-0.3, -0.25) is 9.59 Å². The lowest BCUT2D eigenvalue weighted by atomic mass is 9.72. The Morgan fingerprint density at radius 2 is 1.89 bits per heavy atom. The Morgan fingerprint density at radius 3 is 2.67 bits per heavy atom. The van der Waals surface area contributed by atoms with Gasteiger partial charge in [-0.25, -0.2) is 0 Å². The molecule has 0 fully saturated rings. The standard InChI is InChI=1S/C28H23ClN2O4S/c1-15-25(28(33)31-19-7-5-18(29)6-8-19)26(16-4-9-22-23(13-16)35-14-34-22)27-20(30-15)11-17(12-21(27)32)24-3-2-10-36-24/h2-10,13,17,26,30H,11-12,14H2,1H3,(H,31,33)/t17-,26-/m0/s1. The van der Waals surface area contributed by atoms with Crippen LogP contribution in [0, 0.1) is 0 Å². The number of nitrogens with one attached hydrogen (secondary N) is 2. The molecule has 2 aliphatic heterocycles. The molecule has 6 nitrogen and oxygen atoms in total. The van der Waals surface area contributed by atoms with Crippen molar-refractivity contribution in [1.82, 2.24) is 5.32 Å². The summed E-state index contributed by atoms with van der Waals surface area (Å²) >= 11 is 7.69. The van der Waals surface area contributed by atoms with Crippen LogP contribution in [0.4, 0.5) is 5.69 Å². The molecular formula is C28H23ClN2O4S. The zero-order valence-corrected chi connectivity index (χ0v) is 21.0. The summed E-state index contributed by atoms with van der Waals surface area (Å²) in [5.41, 5.74) is 4.20. The predicted molar refractivity (Wildman–Crippen MR) is 140 cm³/mol. The molecule has 182 valence electrons. The maximum Gasteiger partial charge on any atom is 0.254 e. The number of halogens is 1. The molecule has 2 atom stereocenters. The molecule has 0 bridgehead atoms. The van der Waals surface area contributed by atoms with Gasteiger partial charge >= 0.3 is 0 Å². The minimum atomic E-state index is -0.528. The number of dihydropyridines is 1. The van der Waals surface area contributed by atoms with Crippen LogP contribution in [0.1, 0.15) is 42.0 Å². The highest BCUT2D eigenvalue weighted by molar-refractivity contribution is 7.10. The van der Waals surface area contributed by atoms with Crippen molar-refractivity contribution in [1.29, 1.82) is 0 Å². The summed E-state index contributed by atoms with van der Waals surface area (Å²) < 4.78 is 11.1. The van der Waals surface area contributed by atoms with Gasteiger partial charge in [0, 0.05) is 56.4 Å². The first-order valence-electron chi connectivity index (χ1n) is 11.7. The van der Waals surface area contributed by atoms with Crippen LogP contribution in [-0.4, -0.2) is 18.5 Å². The molecule has 0 saturated carbocycles. The fraction of sp³-hybridized carbons (Fsp3) is 0.214. The number of hydrogen-bond acceptors (Lipinski definition) is 6. The van der Waals surface area contributed by atoms with E-state index in [-0.39, 0.29) is 24.4 Å². The van der Waals surface area contributed by atoms with Crippen LogP contribution >= 0.6 is 22.9 Å². The number of anilines is 1. The van der Waals surface area contributed by atoms with Gasteiger partial charge in [0.05, 0.1) is 0 Å². The van der Waals surface area contributed by atoms with Crippen molar-refractivity contribution in [3.05, 3.63) is 98.0 Å². The van der Waals surface area contributed by atoms with Crippen molar-refractivity contribution in [2.45, 2.75) is 31.6 Å². The highest BCUT2D eigenvalue weighted by Gasteiger charge is 2.41. The number of ketones is 1. The van der Waals surface area contributed by atoms with Crippen molar-refractivity contribution >= 4 is 40.3 Å². The largest absolute Gasteiger partial charge is 0.454 e. The third-order valence-corrected chi connectivity index (χ3v) is 8.14. The van der Waals surface area contributed by atoms with Gasteiger partial charge in [-0.05, 0) is 66.8 Å². The second-order valence-electron chi connectivity index (χ2n) is 9.11. The highest BCUT2D eigenvalue weighted by Crippen LogP contribution is 2.47. The van der Waals surface area contributed by atoms with E-state index in [0.717, 1.165) is 17.0 Å². The fourth-order valence-corrected chi connectivity index (χ4v) is 6.18. The minimum Gasteiger partial charge on any atom is -0.454 e. The van der Waals surface area contributed by atoms with Gasteiger partial charge in [-0.1, -0.05) is 23.7 Å². The van der Waals surface area contributed by atoms with Crippen molar-refractivity contribution < 1.29 is 19.1 Å². The SMILES string of the molecule is CC1=C(C(=O)Nc2ccc(Cl)cc2)[C@H](c2ccc3c(c2)OCO3)C2=C(C[C@H](c3cccs3)CC2=O)N1. The lowest BCUT2D eigenvalue weighted by molar-refractivity contribution is -0.116. The van der Waals surface area contributed by atoms with Crippen LogP contribution in [0.2, 0.25) is 5.02 Å². The van der Waals surface area contributed by atoms with Crippen LogP contribution in [0.25, 0.3) is 0 Å². The van der Waals surface area contributed by atoms with E-state index in [4.69, 9.17) is 21.1 Å². The normalized spacial score (nSPS) is 20.8. The number of carbonyl (C=O) groups is 2. The molecule has 3 aliphatic rings. The maximum atomic E-state index is 13.7. The number of Topliss-reactive ketones (excluding diaryl/α,β-unsaturated/α-hetero) is 1. The van der Waals surface area contributed by atoms with Gasteiger partial charge in [-0.15, -0.1) is 11.3 Å². The first-order chi connectivity index (χ1) is 17.5. The third kappa shape index (κ3) is 4.08. The molecule has 0 unspecified atom stereocenters. The number of hydrogen-bond donors (Lipinski definition) is 2. The number of rotatable bonds is 4. The van der Waals surface area contributed by atoms with E-state index in [0.29, 0.717) is 46.2 Å². The van der Waals surface area contributed by atoms with Crippen LogP contribution in [0.15, 0.2) is 82.5 Å². The second-order valence-corrected chi connectivity index (χ2v) is 10.5. The summed E-state index contributed by atoms with van der Waals surface area (Å²) in [6.07, 6.45) is 1.12. The van der Waals surface area contributed by atoms with Gasteiger partial charge in [0.2, 0.25) is 6.79 Å². The fourth-order valence-electron chi connectivity index (χ4n) is 5.22. The smallest absolute Gasteiger partial charge is 0.254 e. The molecule has 2 N–H and O–H groups in total. The Balaban J connectivity index is 1.42. The number of allylic oxidation sites excluding steroid dienone is 3. The third-order valence-electron chi connectivity index (χ3n) is 6.85. The Hall–Kier alpha value is -3.55. The Morgan fingerprint density at radius 1 is 1.08 bits per heavy atom. The van der Waals surface area contributed by atoms with Crippen LogP contribution in [0.5, 0.6) is 11.5 Å². The van der Waals surface area contributed by atoms with Gasteiger partial charge in [0.1, 0.15) is 0 Å². The highest BCUT2D eigenvalue weighted by atomic mass is 35.5. The summed E-state index contributed by atoms with van der Waals surface area (Å²) in [6.45, 7) is 2.04. The molecule has 3 aromatic rings. The van der Waals surface area contributed by atoms with E-state index in [1.54, 1.807) is 35.6 Å². The number of ether oxygens (including phenoxy) is 2. The Kier molecular flexibility index (Phi) is 5.82. The predicted octanol–water partition coefficient (Wildman–Crippen LogP) is 6.13. The van der Waals surface area contributed by atoms with E-state index in [1.165, 1.54) is 4.88 Å². The summed E-state index contributed by atoms with van der Waals surface area (Å²) in [7, 11) is 0. The Labute approximate surface area is 217 Å². The van der Waals surface area contributed by atoms with E-state index in [9.17, 15) is 9.59 Å². The molecule has 1 aliphatic carbocycles. The van der Waals surface area contributed by atoms with Crippen molar-refractivity contribution in [2.75, 3.05) is 12.1 Å². The average molecular weight is 519 g/mol. The van der Waals surface area contributed by atoms with Gasteiger partial charge in [-0.2, -0.15) is 0 Å². The summed E-state index contributed by atoms with van der Waals surface area (Å²) in [6, 6.07) is 16.7. The zero-order chi connectivity index (χ0) is 24.8. The molecular weight excluding hydrogens is 496 g/mol. The van der Waals surface area contributed by atoms with Gasteiger partial charge < -0.3 is 20.1 Å². The second kappa shape index (κ2) is 9.15. The molecule has 0 radical (unpaired) electrons. The summed E-state index contributed by atoms with van der Waals surface area (Å²) in [4.78, 5) is 28.6. The number of thiophene rings is 1. The monoisotopic (exact) mass is 518 g/mol. The average Bonchev–Trinajstić information content (AvgIpc) is 3.56. The quantitative estimate of drug-likeness (QED) is 0.434. The van der Waals surface area contributed by atoms with Crippen LogP contribution in [-0.2, 0) is 9.59 Å². The van der Waals surface area contributed by atoms with E-state index in [1.807, 2.05) is 36.6 Å². The number of benzene rings is 2. The van der Waals surface area contributed by atoms with E-state index < -0.39 is 5.92 Å². The molecule has 0 saturated heterocycles. The molecule has 1 aromatic heterocycles. The van der Waals surface area contributed by atoms with Crippen molar-refractivity contribution in [2.24, 2.45) is 0 Å². The molecule has 36 heavy (non-hydrogen) atoms. The lowest BCUT2D eigenvalue weighted by Gasteiger charge is -2.36. The van der Waals surface area contributed by atoms with Crippen molar-refractivity contribution in [3.8, 4) is 11.5 Å². The molecule has 6 rings (SSSR count). The van der Waals surface area contributed by atoms with Crippen LogP contribution < -0.4 is 20.1 Å².